The highest BCUT2D eigenvalue weighted by Crippen LogP contribution is 2.30. The second-order valence-electron chi connectivity index (χ2n) is 7.94. The van der Waals surface area contributed by atoms with Crippen LogP contribution in [-0.2, 0) is 17.5 Å². The molecule has 0 atom stereocenters. The van der Waals surface area contributed by atoms with Crippen molar-refractivity contribution in [2.75, 3.05) is 5.32 Å². The first-order valence-electron chi connectivity index (χ1n) is 11.0. The SMILES string of the molecule is CC(=N)/C(C(=O)Nc1ccc(C(F)(F)F)cc1)=C(\C)NNC(=O)c1ccc(C(=O)NCc2cccnc2)s1. The van der Waals surface area contributed by atoms with Crippen molar-refractivity contribution in [1.29, 1.82) is 5.41 Å². The van der Waals surface area contributed by atoms with E-state index in [4.69, 9.17) is 5.41 Å². The number of nitrogens with zero attached hydrogens (tertiary/aromatic N) is 1. The van der Waals surface area contributed by atoms with Gasteiger partial charge in [-0.2, -0.15) is 13.2 Å². The Morgan fingerprint density at radius 3 is 2.18 bits per heavy atom. The minimum absolute atomic E-state index is 0.103. The standard InChI is InChI=1S/C25H23F3N6O3S/c1-14(29)21(24(37)32-18-7-5-17(6-8-18)25(26,27)28)15(2)33-34-23(36)20-10-9-19(38-20)22(35)31-13-16-4-3-11-30-12-16/h3-12,29,33H,13H2,1-2H3,(H,31,35)(H,32,37)(H,34,36)/b21-15-,29-14?. The monoisotopic (exact) mass is 544 g/mol. The number of carbonyl (C=O) groups is 3. The first-order valence-corrected chi connectivity index (χ1v) is 11.9. The Morgan fingerprint density at radius 1 is 0.947 bits per heavy atom. The van der Waals surface area contributed by atoms with Gasteiger partial charge in [0.1, 0.15) is 0 Å². The lowest BCUT2D eigenvalue weighted by molar-refractivity contribution is -0.137. The highest BCUT2D eigenvalue weighted by molar-refractivity contribution is 7.15. The summed E-state index contributed by atoms with van der Waals surface area (Å²) in [5.41, 5.74) is 4.91. The van der Waals surface area contributed by atoms with Crippen molar-refractivity contribution >= 4 is 40.5 Å². The number of nitrogens with one attached hydrogen (secondary N) is 5. The van der Waals surface area contributed by atoms with Crippen LogP contribution in [0.25, 0.3) is 0 Å². The van der Waals surface area contributed by atoms with Crippen LogP contribution >= 0.6 is 11.3 Å². The fourth-order valence-electron chi connectivity index (χ4n) is 3.19. The molecule has 0 saturated carbocycles. The molecule has 13 heteroatoms. The normalized spacial score (nSPS) is 11.7. The summed E-state index contributed by atoms with van der Waals surface area (Å²) < 4.78 is 38.2. The second kappa shape index (κ2) is 12.1. The van der Waals surface area contributed by atoms with Crippen molar-refractivity contribution in [3.05, 3.63) is 93.1 Å². The van der Waals surface area contributed by atoms with Crippen LogP contribution in [0.15, 0.2) is 72.2 Å². The summed E-state index contributed by atoms with van der Waals surface area (Å²) in [5, 5.41) is 13.1. The van der Waals surface area contributed by atoms with Crippen molar-refractivity contribution < 1.29 is 27.6 Å². The van der Waals surface area contributed by atoms with Crippen LogP contribution in [0.3, 0.4) is 0 Å². The third-order valence-electron chi connectivity index (χ3n) is 5.04. The number of rotatable bonds is 9. The summed E-state index contributed by atoms with van der Waals surface area (Å²) in [7, 11) is 0. The Hall–Kier alpha value is -4.52. The Balaban J connectivity index is 1.60. The molecule has 3 aromatic rings. The molecule has 0 aliphatic carbocycles. The van der Waals surface area contributed by atoms with Crippen LogP contribution < -0.4 is 21.5 Å². The van der Waals surface area contributed by atoms with Gasteiger partial charge in [-0.05, 0) is 61.9 Å². The maximum Gasteiger partial charge on any atom is 0.416 e. The third-order valence-corrected chi connectivity index (χ3v) is 6.12. The van der Waals surface area contributed by atoms with Gasteiger partial charge in [-0.1, -0.05) is 6.07 Å². The number of aromatic nitrogens is 1. The molecule has 0 saturated heterocycles. The van der Waals surface area contributed by atoms with E-state index in [9.17, 15) is 27.6 Å². The van der Waals surface area contributed by atoms with Crippen LogP contribution in [0, 0.1) is 5.41 Å². The van der Waals surface area contributed by atoms with E-state index < -0.39 is 23.6 Å². The van der Waals surface area contributed by atoms with E-state index in [1.54, 1.807) is 18.5 Å². The lowest BCUT2D eigenvalue weighted by Crippen LogP contribution is -2.37. The van der Waals surface area contributed by atoms with Crippen molar-refractivity contribution in [2.45, 2.75) is 26.6 Å². The van der Waals surface area contributed by atoms with Crippen molar-refractivity contribution in [2.24, 2.45) is 0 Å². The summed E-state index contributed by atoms with van der Waals surface area (Å²) in [4.78, 5) is 42.2. The molecule has 0 fully saturated rings. The van der Waals surface area contributed by atoms with E-state index >= 15 is 0 Å². The molecule has 198 valence electrons. The molecular weight excluding hydrogens is 521 g/mol. The van der Waals surface area contributed by atoms with Crippen molar-refractivity contribution in [1.82, 2.24) is 21.2 Å². The zero-order valence-corrected chi connectivity index (χ0v) is 21.0. The number of halogens is 3. The Labute approximate surface area is 219 Å². The number of benzene rings is 1. The number of allylic oxidation sites excluding steroid dienone is 1. The van der Waals surface area contributed by atoms with E-state index in [0.717, 1.165) is 41.2 Å². The van der Waals surface area contributed by atoms with Crippen molar-refractivity contribution in [3.63, 3.8) is 0 Å². The molecule has 0 aliphatic heterocycles. The maximum absolute atomic E-state index is 12.7. The molecule has 5 N–H and O–H groups in total. The summed E-state index contributed by atoms with van der Waals surface area (Å²) in [6, 6.07) is 10.4. The summed E-state index contributed by atoms with van der Waals surface area (Å²) >= 11 is 0.964. The number of hydrazine groups is 1. The average molecular weight is 545 g/mol. The quantitative estimate of drug-likeness (QED) is 0.156. The molecule has 38 heavy (non-hydrogen) atoms. The van der Waals surface area contributed by atoms with Crippen LogP contribution in [0.2, 0.25) is 0 Å². The first kappa shape index (κ1) is 28.1. The number of hydrogen-bond donors (Lipinski definition) is 5. The highest BCUT2D eigenvalue weighted by Gasteiger charge is 2.30. The Morgan fingerprint density at radius 2 is 1.61 bits per heavy atom. The summed E-state index contributed by atoms with van der Waals surface area (Å²) in [6.45, 7) is 3.08. The van der Waals surface area contributed by atoms with Crippen LogP contribution in [-0.4, -0.2) is 28.4 Å². The van der Waals surface area contributed by atoms with Crippen molar-refractivity contribution in [3.8, 4) is 0 Å². The number of pyridine rings is 1. The van der Waals surface area contributed by atoms with Gasteiger partial charge in [0.2, 0.25) is 0 Å². The summed E-state index contributed by atoms with van der Waals surface area (Å²) in [5.74, 6) is -1.69. The van der Waals surface area contributed by atoms with Gasteiger partial charge in [-0.15, -0.1) is 11.3 Å². The molecule has 0 radical (unpaired) electrons. The number of anilines is 1. The van der Waals surface area contributed by atoms with Gasteiger partial charge in [0.15, 0.2) is 0 Å². The fraction of sp³-hybridized carbons (Fsp3) is 0.160. The zero-order chi connectivity index (χ0) is 27.9. The van der Waals surface area contributed by atoms with Gasteiger partial charge in [-0.25, -0.2) is 0 Å². The number of alkyl halides is 3. The molecular formula is C25H23F3N6O3S. The minimum atomic E-state index is -4.51. The first-order chi connectivity index (χ1) is 18.0. The average Bonchev–Trinajstić information content (AvgIpc) is 3.37. The molecule has 2 aromatic heterocycles. The van der Waals surface area contributed by atoms with E-state index in [0.29, 0.717) is 4.88 Å². The number of thiophene rings is 1. The Kier molecular flexibility index (Phi) is 8.97. The molecule has 0 aliphatic rings. The third kappa shape index (κ3) is 7.49. The van der Waals surface area contributed by atoms with Crippen LogP contribution in [0.5, 0.6) is 0 Å². The molecule has 3 rings (SSSR count). The lowest BCUT2D eigenvalue weighted by Gasteiger charge is -2.14. The van der Waals surface area contributed by atoms with Gasteiger partial charge >= 0.3 is 6.18 Å². The van der Waals surface area contributed by atoms with E-state index in [1.165, 1.54) is 26.0 Å². The molecule has 0 unspecified atom stereocenters. The second-order valence-corrected chi connectivity index (χ2v) is 9.02. The van der Waals surface area contributed by atoms with Gasteiger partial charge in [0.25, 0.3) is 17.7 Å². The minimum Gasteiger partial charge on any atom is -0.347 e. The largest absolute Gasteiger partial charge is 0.416 e. The predicted molar refractivity (Wildman–Crippen MR) is 137 cm³/mol. The molecule has 2 heterocycles. The molecule has 1 aromatic carbocycles. The molecule has 0 bridgehead atoms. The summed E-state index contributed by atoms with van der Waals surface area (Å²) in [6.07, 6.45) is -1.26. The maximum atomic E-state index is 12.7. The Bertz CT molecular complexity index is 1370. The van der Waals surface area contributed by atoms with E-state index in [2.05, 4.69) is 26.5 Å². The molecule has 3 amide bonds. The van der Waals surface area contributed by atoms with Gasteiger partial charge in [-0.3, -0.25) is 24.8 Å². The smallest absolute Gasteiger partial charge is 0.347 e. The fourth-order valence-corrected chi connectivity index (χ4v) is 4.00. The van der Waals surface area contributed by atoms with Gasteiger partial charge < -0.3 is 21.5 Å². The predicted octanol–water partition coefficient (Wildman–Crippen LogP) is 4.28. The van der Waals surface area contributed by atoms with E-state index in [-0.39, 0.29) is 40.0 Å². The van der Waals surface area contributed by atoms with Gasteiger partial charge in [0, 0.05) is 36.0 Å². The van der Waals surface area contributed by atoms with Crippen LogP contribution in [0.1, 0.15) is 44.3 Å². The highest BCUT2D eigenvalue weighted by atomic mass is 32.1. The van der Waals surface area contributed by atoms with Crippen LogP contribution in [0.4, 0.5) is 18.9 Å². The topological polar surface area (TPSA) is 136 Å². The van der Waals surface area contributed by atoms with E-state index in [1.807, 2.05) is 6.07 Å². The number of carbonyl (C=O) groups excluding carboxylic acids is 3. The molecule has 9 nitrogen and oxygen atoms in total. The number of hydrogen-bond acceptors (Lipinski definition) is 7. The number of amides is 3. The molecule has 0 spiro atoms. The van der Waals surface area contributed by atoms with Gasteiger partial charge in [0.05, 0.1) is 20.9 Å². The lowest BCUT2D eigenvalue weighted by atomic mass is 10.1. The zero-order valence-electron chi connectivity index (χ0n) is 20.2.